The highest BCUT2D eigenvalue weighted by molar-refractivity contribution is 5.91. The Balaban J connectivity index is 2.96. The first-order chi connectivity index (χ1) is 7.69. The standard InChI is InChI=1S/C12H15NO3/c1-2-16-12(15)11-6-5-10(13)8-9(11)4-3-7-14/h5-8H,2-4,13H2,1H3. The number of ether oxygens (including phenoxy) is 1. The molecule has 0 heterocycles. The third-order valence-corrected chi connectivity index (χ3v) is 2.16. The van der Waals surface area contributed by atoms with Gasteiger partial charge in [0, 0.05) is 12.1 Å². The van der Waals surface area contributed by atoms with Gasteiger partial charge in [0.25, 0.3) is 0 Å². The summed E-state index contributed by atoms with van der Waals surface area (Å²) in [5, 5.41) is 0. The van der Waals surface area contributed by atoms with Gasteiger partial charge in [-0.1, -0.05) is 0 Å². The molecule has 0 radical (unpaired) electrons. The zero-order valence-electron chi connectivity index (χ0n) is 9.23. The number of carbonyl (C=O) groups excluding carboxylic acids is 2. The summed E-state index contributed by atoms with van der Waals surface area (Å²) in [4.78, 5) is 21.9. The van der Waals surface area contributed by atoms with Gasteiger partial charge in [0.1, 0.15) is 6.29 Å². The van der Waals surface area contributed by atoms with Crippen LogP contribution < -0.4 is 5.73 Å². The van der Waals surface area contributed by atoms with Crippen molar-refractivity contribution in [1.29, 1.82) is 0 Å². The van der Waals surface area contributed by atoms with Crippen LogP contribution in [0.25, 0.3) is 0 Å². The number of carbonyl (C=O) groups is 2. The summed E-state index contributed by atoms with van der Waals surface area (Å²) < 4.78 is 4.92. The average Bonchev–Trinajstić information content (AvgIpc) is 2.26. The minimum Gasteiger partial charge on any atom is -0.462 e. The van der Waals surface area contributed by atoms with Crippen LogP contribution in [0.3, 0.4) is 0 Å². The highest BCUT2D eigenvalue weighted by Crippen LogP contribution is 2.16. The van der Waals surface area contributed by atoms with E-state index in [0.717, 1.165) is 11.8 Å². The summed E-state index contributed by atoms with van der Waals surface area (Å²) in [6, 6.07) is 4.99. The molecule has 0 aliphatic carbocycles. The second-order valence-electron chi connectivity index (χ2n) is 3.34. The van der Waals surface area contributed by atoms with E-state index in [1.807, 2.05) is 0 Å². The van der Waals surface area contributed by atoms with Crippen LogP contribution >= 0.6 is 0 Å². The minimum atomic E-state index is -0.372. The summed E-state index contributed by atoms with van der Waals surface area (Å²) in [6.07, 6.45) is 1.69. The molecule has 16 heavy (non-hydrogen) atoms. The number of aryl methyl sites for hydroxylation is 1. The molecule has 0 aliphatic heterocycles. The molecule has 0 saturated heterocycles. The van der Waals surface area contributed by atoms with Crippen LogP contribution in [0.1, 0.15) is 29.3 Å². The smallest absolute Gasteiger partial charge is 0.338 e. The van der Waals surface area contributed by atoms with Crippen LogP contribution in [-0.2, 0) is 16.0 Å². The Morgan fingerprint density at radius 1 is 1.50 bits per heavy atom. The highest BCUT2D eigenvalue weighted by Gasteiger charge is 2.12. The molecule has 0 atom stereocenters. The monoisotopic (exact) mass is 221 g/mol. The van der Waals surface area contributed by atoms with Crippen LogP contribution in [0, 0.1) is 0 Å². The maximum Gasteiger partial charge on any atom is 0.338 e. The zero-order chi connectivity index (χ0) is 12.0. The fourth-order valence-electron chi connectivity index (χ4n) is 1.44. The van der Waals surface area contributed by atoms with Crippen LogP contribution in [-0.4, -0.2) is 18.9 Å². The molecule has 4 heteroatoms. The van der Waals surface area contributed by atoms with E-state index in [-0.39, 0.29) is 5.97 Å². The van der Waals surface area contributed by atoms with Gasteiger partial charge in [0.2, 0.25) is 0 Å². The SMILES string of the molecule is CCOC(=O)c1ccc(N)cc1CCC=O. The van der Waals surface area contributed by atoms with Crippen molar-refractivity contribution in [3.8, 4) is 0 Å². The van der Waals surface area contributed by atoms with Gasteiger partial charge in [0.05, 0.1) is 12.2 Å². The molecule has 1 aromatic rings. The van der Waals surface area contributed by atoms with E-state index in [2.05, 4.69) is 0 Å². The third-order valence-electron chi connectivity index (χ3n) is 2.16. The van der Waals surface area contributed by atoms with E-state index >= 15 is 0 Å². The number of anilines is 1. The van der Waals surface area contributed by atoms with Crippen molar-refractivity contribution in [2.45, 2.75) is 19.8 Å². The number of rotatable bonds is 5. The van der Waals surface area contributed by atoms with Gasteiger partial charge in [-0.15, -0.1) is 0 Å². The fourth-order valence-corrected chi connectivity index (χ4v) is 1.44. The summed E-state index contributed by atoms with van der Waals surface area (Å²) in [6.45, 7) is 2.08. The van der Waals surface area contributed by atoms with Crippen LogP contribution in [0.15, 0.2) is 18.2 Å². The lowest BCUT2D eigenvalue weighted by Gasteiger charge is -2.08. The van der Waals surface area contributed by atoms with Crippen LogP contribution in [0.4, 0.5) is 5.69 Å². The van der Waals surface area contributed by atoms with Crippen molar-refractivity contribution in [3.63, 3.8) is 0 Å². The molecule has 0 aromatic heterocycles. The first kappa shape index (κ1) is 12.2. The van der Waals surface area contributed by atoms with Gasteiger partial charge in [-0.05, 0) is 37.1 Å². The van der Waals surface area contributed by atoms with Crippen molar-refractivity contribution < 1.29 is 14.3 Å². The molecule has 0 unspecified atom stereocenters. The summed E-state index contributed by atoms with van der Waals surface area (Å²) in [5.41, 5.74) is 7.45. The highest BCUT2D eigenvalue weighted by atomic mass is 16.5. The number of esters is 1. The van der Waals surface area contributed by atoms with Gasteiger partial charge in [-0.2, -0.15) is 0 Å². The van der Waals surface area contributed by atoms with Gasteiger partial charge in [-0.25, -0.2) is 4.79 Å². The quantitative estimate of drug-likeness (QED) is 0.465. The Morgan fingerprint density at radius 3 is 2.88 bits per heavy atom. The molecular formula is C12H15NO3. The number of aldehydes is 1. The second-order valence-corrected chi connectivity index (χ2v) is 3.34. The third kappa shape index (κ3) is 3.08. The van der Waals surface area contributed by atoms with Crippen molar-refractivity contribution in [3.05, 3.63) is 29.3 Å². The van der Waals surface area contributed by atoms with E-state index in [1.165, 1.54) is 0 Å². The largest absolute Gasteiger partial charge is 0.462 e. The Hall–Kier alpha value is -1.84. The van der Waals surface area contributed by atoms with Gasteiger partial charge >= 0.3 is 5.97 Å². The second kappa shape index (κ2) is 5.90. The number of hydrogen-bond acceptors (Lipinski definition) is 4. The number of nitrogen functional groups attached to an aromatic ring is 1. The van der Waals surface area contributed by atoms with E-state index in [0.29, 0.717) is 30.7 Å². The number of hydrogen-bond donors (Lipinski definition) is 1. The first-order valence-corrected chi connectivity index (χ1v) is 5.18. The summed E-state index contributed by atoms with van der Waals surface area (Å²) in [7, 11) is 0. The van der Waals surface area contributed by atoms with Gasteiger partial charge in [0.15, 0.2) is 0 Å². The van der Waals surface area contributed by atoms with Crippen molar-refractivity contribution in [2.24, 2.45) is 0 Å². The predicted octanol–water partition coefficient (Wildman–Crippen LogP) is 1.58. The molecule has 1 rings (SSSR count). The topological polar surface area (TPSA) is 69.4 Å². The predicted molar refractivity (Wildman–Crippen MR) is 61.2 cm³/mol. The summed E-state index contributed by atoms with van der Waals surface area (Å²) >= 11 is 0. The van der Waals surface area contributed by atoms with E-state index < -0.39 is 0 Å². The molecule has 4 nitrogen and oxygen atoms in total. The van der Waals surface area contributed by atoms with Crippen molar-refractivity contribution >= 4 is 17.9 Å². The Bertz CT molecular complexity index is 388. The van der Waals surface area contributed by atoms with Crippen LogP contribution in [0.5, 0.6) is 0 Å². The van der Waals surface area contributed by atoms with Gasteiger partial charge < -0.3 is 15.3 Å². The van der Waals surface area contributed by atoms with Crippen molar-refractivity contribution in [1.82, 2.24) is 0 Å². The summed E-state index contributed by atoms with van der Waals surface area (Å²) in [5.74, 6) is -0.372. The first-order valence-electron chi connectivity index (χ1n) is 5.18. The molecule has 0 spiro atoms. The molecule has 0 fully saturated rings. The molecule has 1 aromatic carbocycles. The maximum absolute atomic E-state index is 11.6. The lowest BCUT2D eigenvalue weighted by Crippen LogP contribution is -2.09. The van der Waals surface area contributed by atoms with Crippen molar-refractivity contribution in [2.75, 3.05) is 12.3 Å². The molecule has 2 N–H and O–H groups in total. The Labute approximate surface area is 94.4 Å². The molecule has 0 bridgehead atoms. The maximum atomic E-state index is 11.6. The molecule has 0 aliphatic rings. The number of nitrogens with two attached hydrogens (primary N) is 1. The van der Waals surface area contributed by atoms with E-state index in [1.54, 1.807) is 25.1 Å². The fraction of sp³-hybridized carbons (Fsp3) is 0.333. The van der Waals surface area contributed by atoms with E-state index in [9.17, 15) is 9.59 Å². The zero-order valence-corrected chi connectivity index (χ0v) is 9.23. The normalized spacial score (nSPS) is 9.81. The lowest BCUT2D eigenvalue weighted by molar-refractivity contribution is -0.107. The Kier molecular flexibility index (Phi) is 4.51. The molecule has 0 amide bonds. The molecule has 0 saturated carbocycles. The van der Waals surface area contributed by atoms with E-state index in [4.69, 9.17) is 10.5 Å². The lowest BCUT2D eigenvalue weighted by atomic mass is 10.0. The Morgan fingerprint density at radius 2 is 2.25 bits per heavy atom. The van der Waals surface area contributed by atoms with Crippen LogP contribution in [0.2, 0.25) is 0 Å². The van der Waals surface area contributed by atoms with Gasteiger partial charge in [-0.3, -0.25) is 0 Å². The molecule has 86 valence electrons. The molecular weight excluding hydrogens is 206 g/mol. The average molecular weight is 221 g/mol. The minimum absolute atomic E-state index is 0.330. The number of benzene rings is 1.